The summed E-state index contributed by atoms with van der Waals surface area (Å²) < 4.78 is 0. The molecular formula is C23H25N5O2. The molecule has 1 fully saturated rings. The van der Waals surface area contributed by atoms with Crippen LogP contribution in [0.4, 0.5) is 0 Å². The Kier molecular flexibility index (Phi) is 5.88. The smallest absolute Gasteiger partial charge is 0.274 e. The quantitative estimate of drug-likeness (QED) is 0.710. The molecule has 7 nitrogen and oxygen atoms in total. The molecule has 0 radical (unpaired) electrons. The molecule has 0 saturated carbocycles. The lowest BCUT2D eigenvalue weighted by atomic mass is 9.95. The zero-order valence-corrected chi connectivity index (χ0v) is 17.0. The number of rotatable bonds is 5. The number of hydrogen-bond acceptors (Lipinski definition) is 4. The van der Waals surface area contributed by atoms with Crippen LogP contribution in [0.15, 0.2) is 60.9 Å². The van der Waals surface area contributed by atoms with Crippen LogP contribution >= 0.6 is 0 Å². The van der Waals surface area contributed by atoms with Crippen molar-refractivity contribution in [3.05, 3.63) is 72.2 Å². The number of nitrogens with one attached hydrogen (secondary N) is 1. The van der Waals surface area contributed by atoms with Gasteiger partial charge in [-0.15, -0.1) is 0 Å². The molecule has 2 aromatic heterocycles. The van der Waals surface area contributed by atoms with Gasteiger partial charge < -0.3 is 9.80 Å². The van der Waals surface area contributed by atoms with Crippen LogP contribution in [0.1, 0.15) is 28.9 Å². The third kappa shape index (κ3) is 4.40. The molecule has 1 aromatic carbocycles. The zero-order chi connectivity index (χ0) is 20.9. The molecule has 30 heavy (non-hydrogen) atoms. The molecule has 4 rings (SSSR count). The molecule has 7 heteroatoms. The van der Waals surface area contributed by atoms with Crippen molar-refractivity contribution in [3.63, 3.8) is 0 Å². The van der Waals surface area contributed by atoms with Gasteiger partial charge in [0, 0.05) is 50.6 Å². The van der Waals surface area contributed by atoms with Gasteiger partial charge in [-0.05, 0) is 36.6 Å². The van der Waals surface area contributed by atoms with E-state index in [-0.39, 0.29) is 17.7 Å². The first kappa shape index (κ1) is 19.8. The Hall–Kier alpha value is -3.48. The maximum absolute atomic E-state index is 12.8. The number of aromatic amines is 1. The van der Waals surface area contributed by atoms with E-state index in [1.807, 2.05) is 49.5 Å². The number of H-pyrrole nitrogens is 1. The van der Waals surface area contributed by atoms with E-state index in [4.69, 9.17) is 0 Å². The summed E-state index contributed by atoms with van der Waals surface area (Å²) in [6, 6.07) is 15.5. The summed E-state index contributed by atoms with van der Waals surface area (Å²) in [7, 11) is 1.84. The second-order valence-electron chi connectivity index (χ2n) is 7.65. The molecule has 0 unspecified atom stereocenters. The highest BCUT2D eigenvalue weighted by molar-refractivity contribution is 5.93. The first-order chi connectivity index (χ1) is 14.6. The largest absolute Gasteiger partial charge is 0.341 e. The number of carbonyl (C=O) groups is 2. The highest BCUT2D eigenvalue weighted by Gasteiger charge is 2.30. The highest BCUT2D eigenvalue weighted by atomic mass is 16.2. The SMILES string of the molecule is CN(Cc1ccccc1)C(=O)C1CCN(C(=O)c2cc(-c3ccncc3)[nH]n2)CC1. The Bertz CT molecular complexity index is 995. The molecule has 0 atom stereocenters. The van der Waals surface area contributed by atoms with Crippen molar-refractivity contribution in [1.82, 2.24) is 25.0 Å². The Morgan fingerprint density at radius 3 is 2.50 bits per heavy atom. The number of piperidine rings is 1. The molecule has 1 aliphatic heterocycles. The number of likely N-dealkylation sites (tertiary alicyclic amines) is 1. The van der Waals surface area contributed by atoms with Gasteiger partial charge in [0.15, 0.2) is 5.69 Å². The highest BCUT2D eigenvalue weighted by Crippen LogP contribution is 2.23. The van der Waals surface area contributed by atoms with Crippen LogP contribution < -0.4 is 0 Å². The Morgan fingerprint density at radius 2 is 1.80 bits per heavy atom. The molecule has 3 aromatic rings. The van der Waals surface area contributed by atoms with Crippen LogP contribution in [0.5, 0.6) is 0 Å². The second kappa shape index (κ2) is 8.90. The minimum absolute atomic E-state index is 0.0469. The molecule has 3 heterocycles. The van der Waals surface area contributed by atoms with Crippen molar-refractivity contribution >= 4 is 11.8 Å². The maximum atomic E-state index is 12.8. The minimum atomic E-state index is -0.102. The first-order valence-electron chi connectivity index (χ1n) is 10.2. The molecule has 1 saturated heterocycles. The lowest BCUT2D eigenvalue weighted by Gasteiger charge is -2.33. The van der Waals surface area contributed by atoms with E-state index >= 15 is 0 Å². The fraction of sp³-hybridized carbons (Fsp3) is 0.304. The van der Waals surface area contributed by atoms with Gasteiger partial charge in [-0.1, -0.05) is 30.3 Å². The average molecular weight is 403 g/mol. The van der Waals surface area contributed by atoms with Crippen LogP contribution in [0.3, 0.4) is 0 Å². The predicted molar refractivity (Wildman–Crippen MR) is 113 cm³/mol. The van der Waals surface area contributed by atoms with E-state index in [0.717, 1.165) is 16.8 Å². The third-order valence-corrected chi connectivity index (χ3v) is 5.56. The maximum Gasteiger partial charge on any atom is 0.274 e. The monoisotopic (exact) mass is 403 g/mol. The summed E-state index contributed by atoms with van der Waals surface area (Å²) in [5, 5.41) is 7.11. The fourth-order valence-electron chi connectivity index (χ4n) is 3.85. The van der Waals surface area contributed by atoms with Gasteiger partial charge in [-0.2, -0.15) is 5.10 Å². The number of pyridine rings is 1. The van der Waals surface area contributed by atoms with E-state index in [1.54, 1.807) is 28.3 Å². The van der Waals surface area contributed by atoms with E-state index in [2.05, 4.69) is 15.2 Å². The molecule has 1 aliphatic rings. The molecular weight excluding hydrogens is 378 g/mol. The summed E-state index contributed by atoms with van der Waals surface area (Å²) in [5.41, 5.74) is 3.23. The van der Waals surface area contributed by atoms with Crippen LogP contribution in [-0.2, 0) is 11.3 Å². The van der Waals surface area contributed by atoms with E-state index in [1.165, 1.54) is 0 Å². The van der Waals surface area contributed by atoms with Crippen molar-refractivity contribution in [2.75, 3.05) is 20.1 Å². The zero-order valence-electron chi connectivity index (χ0n) is 17.0. The van der Waals surface area contributed by atoms with Crippen LogP contribution in [0.25, 0.3) is 11.3 Å². The Balaban J connectivity index is 1.32. The number of amides is 2. The van der Waals surface area contributed by atoms with E-state index in [0.29, 0.717) is 38.2 Å². The van der Waals surface area contributed by atoms with Crippen LogP contribution in [0, 0.1) is 5.92 Å². The van der Waals surface area contributed by atoms with Crippen LogP contribution in [-0.4, -0.2) is 56.9 Å². The average Bonchev–Trinajstić information content (AvgIpc) is 3.30. The van der Waals surface area contributed by atoms with Gasteiger partial charge in [-0.25, -0.2) is 0 Å². The van der Waals surface area contributed by atoms with Crippen LogP contribution in [0.2, 0.25) is 0 Å². The summed E-state index contributed by atoms with van der Waals surface area (Å²) in [6.07, 6.45) is 4.75. The van der Waals surface area contributed by atoms with E-state index in [9.17, 15) is 9.59 Å². The van der Waals surface area contributed by atoms with Gasteiger partial charge in [-0.3, -0.25) is 19.7 Å². The first-order valence-corrected chi connectivity index (χ1v) is 10.2. The van der Waals surface area contributed by atoms with Gasteiger partial charge >= 0.3 is 0 Å². The molecule has 1 N–H and O–H groups in total. The summed E-state index contributed by atoms with van der Waals surface area (Å²) in [6.45, 7) is 1.72. The van der Waals surface area contributed by atoms with E-state index < -0.39 is 0 Å². The third-order valence-electron chi connectivity index (χ3n) is 5.56. The van der Waals surface area contributed by atoms with Crippen molar-refractivity contribution in [2.24, 2.45) is 5.92 Å². The second-order valence-corrected chi connectivity index (χ2v) is 7.65. The molecule has 0 spiro atoms. The van der Waals surface area contributed by atoms with Crippen molar-refractivity contribution < 1.29 is 9.59 Å². The van der Waals surface area contributed by atoms with Gasteiger partial charge in [0.2, 0.25) is 5.91 Å². The number of aromatic nitrogens is 3. The fourth-order valence-corrected chi connectivity index (χ4v) is 3.85. The van der Waals surface area contributed by atoms with Crippen molar-refractivity contribution in [2.45, 2.75) is 19.4 Å². The predicted octanol–water partition coefficient (Wildman–Crippen LogP) is 2.98. The van der Waals surface area contributed by atoms with Gasteiger partial charge in [0.05, 0.1) is 5.69 Å². The van der Waals surface area contributed by atoms with Crippen molar-refractivity contribution in [3.8, 4) is 11.3 Å². The number of carbonyl (C=O) groups excluding carboxylic acids is 2. The summed E-state index contributed by atoms with van der Waals surface area (Å²) in [4.78, 5) is 33.2. The Labute approximate surface area is 175 Å². The standard InChI is InChI=1S/C23H25N5O2/c1-27(16-17-5-3-2-4-6-17)22(29)19-9-13-28(14-10-19)23(30)21-15-20(25-26-21)18-7-11-24-12-8-18/h2-8,11-12,15,19H,9-10,13-14,16H2,1H3,(H,25,26). The Morgan fingerprint density at radius 1 is 1.10 bits per heavy atom. The molecule has 0 aliphatic carbocycles. The summed E-state index contributed by atoms with van der Waals surface area (Å²) >= 11 is 0. The number of benzene rings is 1. The molecule has 154 valence electrons. The lowest BCUT2D eigenvalue weighted by molar-refractivity contribution is -0.136. The molecule has 0 bridgehead atoms. The molecule has 2 amide bonds. The van der Waals surface area contributed by atoms with Crippen molar-refractivity contribution in [1.29, 1.82) is 0 Å². The minimum Gasteiger partial charge on any atom is -0.341 e. The normalized spacial score (nSPS) is 14.5. The van der Waals surface area contributed by atoms with Gasteiger partial charge in [0.1, 0.15) is 0 Å². The summed E-state index contributed by atoms with van der Waals surface area (Å²) in [5.74, 6) is -0.00452. The number of hydrogen-bond donors (Lipinski definition) is 1. The number of nitrogens with zero attached hydrogens (tertiary/aromatic N) is 4. The van der Waals surface area contributed by atoms with Gasteiger partial charge in [0.25, 0.3) is 5.91 Å². The lowest BCUT2D eigenvalue weighted by Crippen LogP contribution is -2.43. The topological polar surface area (TPSA) is 82.2 Å².